The van der Waals surface area contributed by atoms with E-state index < -0.39 is 13.8 Å². The first-order valence-electron chi connectivity index (χ1n) is 3.48. The third-order valence-corrected chi connectivity index (χ3v) is 1.65. The number of phosphoric acid groups is 1. The van der Waals surface area contributed by atoms with E-state index in [9.17, 15) is 4.57 Å². The zero-order valence-electron chi connectivity index (χ0n) is 6.67. The summed E-state index contributed by atoms with van der Waals surface area (Å²) < 4.78 is 13.9. The Bertz CT molecular complexity index is 173. The van der Waals surface area contributed by atoms with Crippen molar-refractivity contribution >= 4 is 7.82 Å². The lowest BCUT2D eigenvalue weighted by molar-refractivity contribution is -0.302. The average molecular weight is 200 g/mol. The van der Waals surface area contributed by atoms with Crippen LogP contribution in [0.2, 0.25) is 0 Å². The highest BCUT2D eigenvalue weighted by Crippen LogP contribution is 2.40. The van der Waals surface area contributed by atoms with Gasteiger partial charge in [0.2, 0.25) is 0 Å². The van der Waals surface area contributed by atoms with Gasteiger partial charge in [0.1, 0.15) is 0 Å². The second-order valence-electron chi connectivity index (χ2n) is 2.43. The SMILES string of the molecule is CCCCC(O)(O)OP(=O)(O)O. The van der Waals surface area contributed by atoms with Crippen molar-refractivity contribution in [3.05, 3.63) is 0 Å². The van der Waals surface area contributed by atoms with E-state index >= 15 is 0 Å². The summed E-state index contributed by atoms with van der Waals surface area (Å²) in [5, 5.41) is 17.6. The minimum absolute atomic E-state index is 0.228. The summed E-state index contributed by atoms with van der Waals surface area (Å²) in [6.45, 7) is 1.80. The maximum Gasteiger partial charge on any atom is 0.473 e. The molecule has 0 saturated carbocycles. The van der Waals surface area contributed by atoms with Gasteiger partial charge in [-0.15, -0.1) is 0 Å². The zero-order chi connectivity index (χ0) is 9.83. The highest BCUT2D eigenvalue weighted by Gasteiger charge is 2.32. The van der Waals surface area contributed by atoms with E-state index in [-0.39, 0.29) is 6.42 Å². The minimum atomic E-state index is -4.83. The van der Waals surface area contributed by atoms with Gasteiger partial charge in [0.25, 0.3) is 5.97 Å². The number of phosphoric ester groups is 1. The lowest BCUT2D eigenvalue weighted by atomic mass is 10.2. The molecule has 0 bridgehead atoms. The molecule has 74 valence electrons. The topological polar surface area (TPSA) is 107 Å². The molecule has 0 saturated heterocycles. The zero-order valence-corrected chi connectivity index (χ0v) is 7.57. The molecule has 0 fully saturated rings. The molecular formula is C5H13O6P. The molecule has 0 aliphatic carbocycles. The standard InChI is InChI=1S/C5H13O6P/c1-2-3-4-5(6,7)11-12(8,9)10/h6-7H,2-4H2,1H3,(H2,8,9,10). The molecule has 0 spiro atoms. The highest BCUT2D eigenvalue weighted by molar-refractivity contribution is 7.46. The van der Waals surface area contributed by atoms with Gasteiger partial charge < -0.3 is 20.0 Å². The second-order valence-corrected chi connectivity index (χ2v) is 3.59. The van der Waals surface area contributed by atoms with Gasteiger partial charge in [0.05, 0.1) is 0 Å². The van der Waals surface area contributed by atoms with E-state index in [0.29, 0.717) is 12.8 Å². The molecule has 0 rings (SSSR count). The Morgan fingerprint density at radius 2 is 1.92 bits per heavy atom. The first-order chi connectivity index (χ1) is 5.27. The van der Waals surface area contributed by atoms with Gasteiger partial charge in [-0.2, -0.15) is 0 Å². The first kappa shape index (κ1) is 12.0. The molecule has 0 amide bonds. The van der Waals surface area contributed by atoms with Gasteiger partial charge in [-0.1, -0.05) is 13.3 Å². The van der Waals surface area contributed by atoms with Crippen LogP contribution in [-0.2, 0) is 9.09 Å². The Hall–Kier alpha value is 0.0300. The van der Waals surface area contributed by atoms with Crippen LogP contribution in [0.15, 0.2) is 0 Å². The molecule has 0 aliphatic rings. The summed E-state index contributed by atoms with van der Waals surface area (Å²) in [5.74, 6) is -2.73. The van der Waals surface area contributed by atoms with E-state index in [1.165, 1.54) is 0 Å². The van der Waals surface area contributed by atoms with Gasteiger partial charge in [-0.3, -0.25) is 0 Å². The maximum atomic E-state index is 10.2. The fourth-order valence-electron chi connectivity index (χ4n) is 0.643. The molecule has 0 radical (unpaired) electrons. The van der Waals surface area contributed by atoms with E-state index in [2.05, 4.69) is 4.52 Å². The van der Waals surface area contributed by atoms with Gasteiger partial charge >= 0.3 is 7.82 Å². The molecule has 4 N–H and O–H groups in total. The summed E-state index contributed by atoms with van der Waals surface area (Å²) in [6, 6.07) is 0. The molecule has 7 heteroatoms. The van der Waals surface area contributed by atoms with Crippen molar-refractivity contribution in [2.24, 2.45) is 0 Å². The molecule has 0 aromatic heterocycles. The Labute approximate surface area is 70.0 Å². The average Bonchev–Trinajstić information content (AvgIpc) is 1.78. The van der Waals surface area contributed by atoms with Crippen molar-refractivity contribution < 1.29 is 29.1 Å². The fourth-order valence-corrected chi connectivity index (χ4v) is 1.12. The molecular weight excluding hydrogens is 187 g/mol. The van der Waals surface area contributed by atoms with E-state index in [1.54, 1.807) is 6.92 Å². The fraction of sp³-hybridized carbons (Fsp3) is 1.00. The van der Waals surface area contributed by atoms with E-state index in [1.807, 2.05) is 0 Å². The van der Waals surface area contributed by atoms with Crippen LogP contribution in [0.4, 0.5) is 0 Å². The molecule has 0 unspecified atom stereocenters. The van der Waals surface area contributed by atoms with Gasteiger partial charge in [-0.25, -0.2) is 9.09 Å². The van der Waals surface area contributed by atoms with Crippen LogP contribution >= 0.6 is 7.82 Å². The maximum absolute atomic E-state index is 10.2. The number of aliphatic hydroxyl groups is 2. The number of hydrogen-bond acceptors (Lipinski definition) is 4. The third-order valence-electron chi connectivity index (χ3n) is 1.12. The molecule has 0 heterocycles. The normalized spacial score (nSPS) is 13.4. The Morgan fingerprint density at radius 1 is 1.42 bits per heavy atom. The van der Waals surface area contributed by atoms with E-state index in [4.69, 9.17) is 20.0 Å². The summed E-state index contributed by atoms with van der Waals surface area (Å²) in [6.07, 6.45) is 0.856. The lowest BCUT2D eigenvalue weighted by Gasteiger charge is -2.21. The summed E-state index contributed by atoms with van der Waals surface area (Å²) in [7, 11) is -4.83. The highest BCUT2D eigenvalue weighted by atomic mass is 31.2. The van der Waals surface area contributed by atoms with Crippen molar-refractivity contribution in [3.8, 4) is 0 Å². The number of rotatable bonds is 5. The predicted molar refractivity (Wildman–Crippen MR) is 39.8 cm³/mol. The molecule has 0 atom stereocenters. The molecule has 0 aromatic rings. The lowest BCUT2D eigenvalue weighted by Crippen LogP contribution is -2.30. The summed E-state index contributed by atoms with van der Waals surface area (Å²) >= 11 is 0. The largest absolute Gasteiger partial charge is 0.473 e. The van der Waals surface area contributed by atoms with Crippen molar-refractivity contribution in [1.82, 2.24) is 0 Å². The van der Waals surface area contributed by atoms with Crippen molar-refractivity contribution in [2.45, 2.75) is 32.2 Å². The quantitative estimate of drug-likeness (QED) is 0.365. The predicted octanol–water partition coefficient (Wildman–Crippen LogP) is -0.0757. The monoisotopic (exact) mass is 200 g/mol. The minimum Gasteiger partial charge on any atom is -0.343 e. The molecule has 6 nitrogen and oxygen atoms in total. The van der Waals surface area contributed by atoms with Crippen LogP contribution in [0.3, 0.4) is 0 Å². The Kier molecular flexibility index (Phi) is 4.33. The molecule has 12 heavy (non-hydrogen) atoms. The van der Waals surface area contributed by atoms with Crippen LogP contribution < -0.4 is 0 Å². The number of unbranched alkanes of at least 4 members (excludes halogenated alkanes) is 1. The van der Waals surface area contributed by atoms with Crippen LogP contribution in [0.5, 0.6) is 0 Å². The summed E-state index contributed by atoms with van der Waals surface area (Å²) in [4.78, 5) is 16.4. The third kappa shape index (κ3) is 6.72. The van der Waals surface area contributed by atoms with Crippen LogP contribution in [0, 0.1) is 0 Å². The van der Waals surface area contributed by atoms with Crippen LogP contribution in [-0.4, -0.2) is 26.0 Å². The Balaban J connectivity index is 3.95. The van der Waals surface area contributed by atoms with Crippen molar-refractivity contribution in [3.63, 3.8) is 0 Å². The molecule has 0 aromatic carbocycles. The second kappa shape index (κ2) is 4.32. The van der Waals surface area contributed by atoms with Crippen molar-refractivity contribution in [2.75, 3.05) is 0 Å². The van der Waals surface area contributed by atoms with Gasteiger partial charge in [0, 0.05) is 6.42 Å². The molecule has 0 aliphatic heterocycles. The van der Waals surface area contributed by atoms with Gasteiger partial charge in [0.15, 0.2) is 0 Å². The van der Waals surface area contributed by atoms with Crippen LogP contribution in [0.1, 0.15) is 26.2 Å². The van der Waals surface area contributed by atoms with E-state index in [0.717, 1.165) is 0 Å². The summed E-state index contributed by atoms with van der Waals surface area (Å²) in [5.41, 5.74) is 0. The first-order valence-corrected chi connectivity index (χ1v) is 5.01. The van der Waals surface area contributed by atoms with Crippen LogP contribution in [0.25, 0.3) is 0 Å². The Morgan fingerprint density at radius 3 is 2.25 bits per heavy atom. The van der Waals surface area contributed by atoms with Crippen molar-refractivity contribution in [1.29, 1.82) is 0 Å². The van der Waals surface area contributed by atoms with Gasteiger partial charge in [-0.05, 0) is 6.42 Å². The number of hydrogen-bond donors (Lipinski definition) is 4. The smallest absolute Gasteiger partial charge is 0.343 e.